The van der Waals surface area contributed by atoms with Crippen molar-refractivity contribution in [2.24, 2.45) is 0 Å². The highest BCUT2D eigenvalue weighted by atomic mass is 35.5. The van der Waals surface area contributed by atoms with Crippen LogP contribution >= 0.6 is 11.6 Å². The van der Waals surface area contributed by atoms with Gasteiger partial charge in [0.25, 0.3) is 0 Å². The van der Waals surface area contributed by atoms with Gasteiger partial charge >= 0.3 is 12.1 Å². The second-order valence-electron chi connectivity index (χ2n) is 8.08. The van der Waals surface area contributed by atoms with Crippen molar-refractivity contribution < 1.29 is 32.2 Å². The molecule has 174 valence electrons. The highest BCUT2D eigenvalue weighted by Crippen LogP contribution is 2.40. The molecule has 0 N–H and O–H groups in total. The number of nitrogens with zero attached hydrogens (tertiary/aromatic N) is 2. The van der Waals surface area contributed by atoms with Crippen LogP contribution in [0, 0.1) is 0 Å². The topological polar surface area (TPSA) is 70.4 Å². The van der Waals surface area contributed by atoms with Crippen LogP contribution in [-0.4, -0.2) is 27.6 Å². The molecule has 0 atom stereocenters. The Bertz CT molecular complexity index is 1170. The molecule has 0 unspecified atom stereocenters. The fraction of sp³-hybridized carbons (Fsp3) is 0.261. The molecule has 1 heterocycles. The number of hydrogen-bond acceptors (Lipinski definition) is 5. The molecule has 0 aliphatic rings. The Hall–Kier alpha value is -3.33. The molecule has 33 heavy (non-hydrogen) atoms. The average Bonchev–Trinajstić information content (AvgIpc) is 3.08. The van der Waals surface area contributed by atoms with Gasteiger partial charge < -0.3 is 9.47 Å². The fourth-order valence-electron chi connectivity index (χ4n) is 2.82. The van der Waals surface area contributed by atoms with Gasteiger partial charge in [-0.2, -0.15) is 23.0 Å². The molecular formula is C23H20ClF3N2O4. The number of esters is 1. The number of carbonyl (C=O) groups is 2. The van der Waals surface area contributed by atoms with E-state index >= 15 is 0 Å². The summed E-state index contributed by atoms with van der Waals surface area (Å²) in [5, 5.41) is 2.86. The van der Waals surface area contributed by atoms with Crippen LogP contribution in [0.25, 0.3) is 5.69 Å². The minimum atomic E-state index is -4.81. The lowest BCUT2D eigenvalue weighted by atomic mass is 10.1. The van der Waals surface area contributed by atoms with Gasteiger partial charge in [-0.1, -0.05) is 35.9 Å². The summed E-state index contributed by atoms with van der Waals surface area (Å²) in [5.74, 6) is -0.829. The monoisotopic (exact) mass is 480 g/mol. The number of rotatable bonds is 6. The highest BCUT2D eigenvalue weighted by Gasteiger charge is 2.40. The molecule has 3 rings (SSSR count). The second kappa shape index (κ2) is 9.27. The number of carbonyl (C=O) groups excluding carboxylic acids is 2. The summed E-state index contributed by atoms with van der Waals surface area (Å²) in [6, 6.07) is 12.1. The molecule has 0 saturated heterocycles. The van der Waals surface area contributed by atoms with Crippen molar-refractivity contribution in [3.8, 4) is 11.6 Å². The lowest BCUT2D eigenvalue weighted by molar-refractivity contribution is -0.141. The average molecular weight is 481 g/mol. The van der Waals surface area contributed by atoms with Crippen molar-refractivity contribution in [2.45, 2.75) is 39.2 Å². The van der Waals surface area contributed by atoms with Crippen LogP contribution in [-0.2, 0) is 17.5 Å². The molecule has 0 fully saturated rings. The van der Waals surface area contributed by atoms with Crippen molar-refractivity contribution in [3.05, 3.63) is 75.9 Å². The van der Waals surface area contributed by atoms with Gasteiger partial charge in [-0.25, -0.2) is 4.79 Å². The summed E-state index contributed by atoms with van der Waals surface area (Å²) in [6.45, 7) is 5.10. The Morgan fingerprint density at radius 3 is 2.36 bits per heavy atom. The number of hydrogen-bond donors (Lipinski definition) is 0. The van der Waals surface area contributed by atoms with Crippen molar-refractivity contribution in [3.63, 3.8) is 0 Å². The summed E-state index contributed by atoms with van der Waals surface area (Å²) < 4.78 is 52.0. The number of aldehydes is 1. The van der Waals surface area contributed by atoms with Gasteiger partial charge in [-0.3, -0.25) is 4.79 Å². The Labute approximate surface area is 192 Å². The predicted molar refractivity (Wildman–Crippen MR) is 115 cm³/mol. The van der Waals surface area contributed by atoms with E-state index in [0.717, 1.165) is 4.68 Å². The standard InChI is InChI=1S/C23H20ClF3N2O4/c1-22(2,3)33-21(31)16-9-7-14(8-10-16)13-32-20-18(24)19(23(25,26)27)28-29(20)17-6-4-5-15(11-17)12-30/h4-12H,13H2,1-3H3. The van der Waals surface area contributed by atoms with Crippen molar-refractivity contribution in [1.82, 2.24) is 9.78 Å². The van der Waals surface area contributed by atoms with E-state index in [-0.39, 0.29) is 23.7 Å². The van der Waals surface area contributed by atoms with Gasteiger partial charge in [0.05, 0.1) is 11.3 Å². The van der Waals surface area contributed by atoms with E-state index < -0.39 is 28.5 Å². The van der Waals surface area contributed by atoms with Crippen LogP contribution in [0.2, 0.25) is 5.02 Å². The van der Waals surface area contributed by atoms with Crippen LogP contribution in [0.4, 0.5) is 13.2 Å². The van der Waals surface area contributed by atoms with Gasteiger partial charge in [-0.05, 0) is 50.6 Å². The fourth-order valence-corrected chi connectivity index (χ4v) is 3.10. The smallest absolute Gasteiger partial charge is 0.436 e. The van der Waals surface area contributed by atoms with Gasteiger partial charge in [0, 0.05) is 5.56 Å². The molecule has 0 aliphatic carbocycles. The molecule has 10 heteroatoms. The van der Waals surface area contributed by atoms with Crippen LogP contribution in [0.15, 0.2) is 48.5 Å². The molecule has 0 saturated carbocycles. The Morgan fingerprint density at radius 2 is 1.79 bits per heavy atom. The predicted octanol–water partition coefficient (Wildman–Crippen LogP) is 5.89. The van der Waals surface area contributed by atoms with E-state index in [1.165, 1.54) is 36.4 Å². The summed E-state index contributed by atoms with van der Waals surface area (Å²) in [4.78, 5) is 23.2. The molecule has 3 aromatic rings. The molecule has 0 bridgehead atoms. The zero-order chi connectivity index (χ0) is 24.4. The van der Waals surface area contributed by atoms with Crippen molar-refractivity contribution in [1.29, 1.82) is 0 Å². The number of aromatic nitrogens is 2. The zero-order valence-electron chi connectivity index (χ0n) is 17.9. The minimum Gasteiger partial charge on any atom is -0.472 e. The van der Waals surface area contributed by atoms with Gasteiger partial charge in [0.1, 0.15) is 23.5 Å². The normalized spacial score (nSPS) is 11.8. The third kappa shape index (κ3) is 5.92. The minimum absolute atomic E-state index is 0.148. The second-order valence-corrected chi connectivity index (χ2v) is 8.46. The lowest BCUT2D eigenvalue weighted by Gasteiger charge is -2.19. The first-order valence-corrected chi connectivity index (χ1v) is 10.1. The summed E-state index contributed by atoms with van der Waals surface area (Å²) in [6.07, 6.45) is -4.25. The molecular weight excluding hydrogens is 461 g/mol. The SMILES string of the molecule is CC(C)(C)OC(=O)c1ccc(COc2c(Cl)c(C(F)(F)F)nn2-c2cccc(C=O)c2)cc1. The number of benzene rings is 2. The third-order valence-corrected chi connectivity index (χ3v) is 4.61. The summed E-state index contributed by atoms with van der Waals surface area (Å²) >= 11 is 5.97. The van der Waals surface area contributed by atoms with Crippen LogP contribution in [0.1, 0.15) is 52.7 Å². The van der Waals surface area contributed by atoms with Crippen molar-refractivity contribution >= 4 is 23.9 Å². The van der Waals surface area contributed by atoms with Gasteiger partial charge in [0.15, 0.2) is 5.69 Å². The maximum Gasteiger partial charge on any atom is 0.436 e. The molecule has 0 amide bonds. The third-order valence-electron chi connectivity index (χ3n) is 4.27. The van der Waals surface area contributed by atoms with Gasteiger partial charge in [0.2, 0.25) is 5.88 Å². The summed E-state index contributed by atoms with van der Waals surface area (Å²) in [5.41, 5.74) is -0.645. The van der Waals surface area contributed by atoms with Gasteiger partial charge in [-0.15, -0.1) is 0 Å². The number of alkyl halides is 3. The molecule has 0 spiro atoms. The van der Waals surface area contributed by atoms with Crippen molar-refractivity contribution in [2.75, 3.05) is 0 Å². The highest BCUT2D eigenvalue weighted by molar-refractivity contribution is 6.32. The number of halogens is 4. The van der Waals surface area contributed by atoms with E-state index in [9.17, 15) is 22.8 Å². The lowest BCUT2D eigenvalue weighted by Crippen LogP contribution is -2.23. The van der Waals surface area contributed by atoms with Crippen LogP contribution in [0.5, 0.6) is 5.88 Å². The quantitative estimate of drug-likeness (QED) is 0.325. The first-order valence-electron chi connectivity index (χ1n) is 9.75. The number of ether oxygens (including phenoxy) is 2. The zero-order valence-corrected chi connectivity index (χ0v) is 18.7. The van der Waals surface area contributed by atoms with E-state index in [1.807, 2.05) is 0 Å². The molecule has 0 radical (unpaired) electrons. The Kier molecular flexibility index (Phi) is 6.83. The molecule has 1 aromatic heterocycles. The first kappa shape index (κ1) is 24.3. The molecule has 2 aromatic carbocycles. The van der Waals surface area contributed by atoms with E-state index in [2.05, 4.69) is 5.10 Å². The maximum absolute atomic E-state index is 13.4. The maximum atomic E-state index is 13.4. The summed E-state index contributed by atoms with van der Waals surface area (Å²) in [7, 11) is 0. The van der Waals surface area contributed by atoms with E-state index in [0.29, 0.717) is 17.4 Å². The van der Waals surface area contributed by atoms with E-state index in [4.69, 9.17) is 21.1 Å². The van der Waals surface area contributed by atoms with Crippen LogP contribution in [0.3, 0.4) is 0 Å². The van der Waals surface area contributed by atoms with E-state index in [1.54, 1.807) is 32.9 Å². The Morgan fingerprint density at radius 1 is 1.12 bits per heavy atom. The Balaban J connectivity index is 1.88. The molecule has 0 aliphatic heterocycles. The van der Waals surface area contributed by atoms with Crippen LogP contribution < -0.4 is 4.74 Å². The largest absolute Gasteiger partial charge is 0.472 e. The molecule has 6 nitrogen and oxygen atoms in total. The first-order chi connectivity index (χ1) is 15.4.